The molecule has 1 aliphatic rings. The van der Waals surface area contributed by atoms with Crippen LogP contribution >= 0.6 is 0 Å². The number of likely N-dealkylation sites (tertiary alicyclic amines) is 1. The molecule has 1 amide bonds. The molecule has 1 saturated heterocycles. The van der Waals surface area contributed by atoms with Crippen molar-refractivity contribution in [3.05, 3.63) is 33.4 Å². The Bertz CT molecular complexity index is 747. The van der Waals surface area contributed by atoms with E-state index in [-0.39, 0.29) is 23.1 Å². The molecule has 0 bridgehead atoms. The molecule has 1 aromatic rings. The number of non-ortho nitro benzene ring substituents is 1. The number of nitro benzene ring substituents is 1. The maximum atomic E-state index is 12.1. The van der Waals surface area contributed by atoms with E-state index in [1.165, 1.54) is 6.07 Å². The first-order valence-corrected chi connectivity index (χ1v) is 8.65. The highest BCUT2D eigenvalue weighted by atomic mass is 16.6. The molecule has 1 fully saturated rings. The standard InChI is InChI=1S/C18H24N2O7/c1-11-9-12(20(24)25)10-14(16(21)22)15(11)26-13-5-7-19(8-6-13)17(23)27-18(2,3)4/h9-10,13H,5-8H2,1-4H3,(H,21,22). The summed E-state index contributed by atoms with van der Waals surface area (Å²) in [4.78, 5) is 35.5. The lowest BCUT2D eigenvalue weighted by atomic mass is 10.1. The Morgan fingerprint density at radius 2 is 1.85 bits per heavy atom. The SMILES string of the molecule is Cc1cc([N+](=O)[O-])cc(C(=O)O)c1OC1CCN(C(=O)OC(C)(C)C)CC1. The van der Waals surface area contributed by atoms with Crippen LogP contribution in [0.25, 0.3) is 0 Å². The third-order valence-electron chi connectivity index (χ3n) is 4.08. The van der Waals surface area contributed by atoms with Crippen molar-refractivity contribution in [2.75, 3.05) is 13.1 Å². The molecule has 9 heteroatoms. The van der Waals surface area contributed by atoms with Crippen molar-refractivity contribution in [1.82, 2.24) is 4.90 Å². The number of aromatic carboxylic acids is 1. The van der Waals surface area contributed by atoms with Crippen molar-refractivity contribution in [2.45, 2.75) is 52.2 Å². The molecular weight excluding hydrogens is 356 g/mol. The van der Waals surface area contributed by atoms with Gasteiger partial charge in [0.15, 0.2) is 0 Å². The molecular formula is C18H24N2O7. The van der Waals surface area contributed by atoms with Gasteiger partial charge in [-0.2, -0.15) is 0 Å². The van der Waals surface area contributed by atoms with Crippen LogP contribution in [0.5, 0.6) is 5.75 Å². The molecule has 0 radical (unpaired) electrons. The van der Waals surface area contributed by atoms with Gasteiger partial charge in [0.05, 0.1) is 4.92 Å². The summed E-state index contributed by atoms with van der Waals surface area (Å²) in [6.07, 6.45) is 0.337. The first-order chi connectivity index (χ1) is 12.5. The summed E-state index contributed by atoms with van der Waals surface area (Å²) >= 11 is 0. The van der Waals surface area contributed by atoms with Crippen LogP contribution in [0.1, 0.15) is 49.5 Å². The van der Waals surface area contributed by atoms with Gasteiger partial charge in [0, 0.05) is 38.1 Å². The molecule has 148 valence electrons. The molecule has 0 atom stereocenters. The Hall–Kier alpha value is -2.84. The van der Waals surface area contributed by atoms with Gasteiger partial charge < -0.3 is 19.5 Å². The lowest BCUT2D eigenvalue weighted by Crippen LogP contribution is -2.44. The van der Waals surface area contributed by atoms with Gasteiger partial charge in [-0.05, 0) is 33.3 Å². The number of carboxylic acids is 1. The van der Waals surface area contributed by atoms with E-state index in [2.05, 4.69) is 0 Å². The minimum atomic E-state index is -1.29. The van der Waals surface area contributed by atoms with Crippen LogP contribution in [0, 0.1) is 17.0 Å². The Labute approximate surface area is 157 Å². The van der Waals surface area contributed by atoms with Gasteiger partial charge in [-0.3, -0.25) is 10.1 Å². The minimum absolute atomic E-state index is 0.129. The normalized spacial score (nSPS) is 15.3. The van der Waals surface area contributed by atoms with Gasteiger partial charge >= 0.3 is 12.1 Å². The molecule has 27 heavy (non-hydrogen) atoms. The van der Waals surface area contributed by atoms with Gasteiger partial charge in [-0.15, -0.1) is 0 Å². The van der Waals surface area contributed by atoms with Crippen molar-refractivity contribution in [1.29, 1.82) is 0 Å². The van der Waals surface area contributed by atoms with E-state index in [0.717, 1.165) is 6.07 Å². The zero-order valence-corrected chi connectivity index (χ0v) is 15.9. The molecule has 1 N–H and O–H groups in total. The number of carbonyl (C=O) groups is 2. The van der Waals surface area contributed by atoms with Gasteiger partial charge in [0.2, 0.25) is 0 Å². The number of ether oxygens (including phenoxy) is 2. The molecule has 0 saturated carbocycles. The van der Waals surface area contributed by atoms with Crippen molar-refractivity contribution in [2.24, 2.45) is 0 Å². The third kappa shape index (κ3) is 5.32. The second-order valence-electron chi connectivity index (χ2n) is 7.49. The maximum absolute atomic E-state index is 12.1. The molecule has 1 aliphatic heterocycles. The topological polar surface area (TPSA) is 119 Å². The number of amides is 1. The predicted molar refractivity (Wildman–Crippen MR) is 96.2 cm³/mol. The minimum Gasteiger partial charge on any atom is -0.489 e. The number of hydrogen-bond donors (Lipinski definition) is 1. The van der Waals surface area contributed by atoms with Crippen LogP contribution in [0.3, 0.4) is 0 Å². The van der Waals surface area contributed by atoms with E-state index in [1.807, 2.05) is 0 Å². The number of hydrogen-bond acceptors (Lipinski definition) is 6. The molecule has 1 aromatic carbocycles. The summed E-state index contributed by atoms with van der Waals surface area (Å²) in [7, 11) is 0. The number of carbonyl (C=O) groups excluding carboxylic acids is 1. The molecule has 1 heterocycles. The van der Waals surface area contributed by atoms with Crippen LogP contribution in [-0.2, 0) is 4.74 Å². The quantitative estimate of drug-likeness (QED) is 0.628. The summed E-state index contributed by atoms with van der Waals surface area (Å²) in [5, 5.41) is 20.3. The Kier molecular flexibility index (Phi) is 5.92. The fourth-order valence-electron chi connectivity index (χ4n) is 2.82. The number of piperidine rings is 1. The number of aryl methyl sites for hydroxylation is 1. The monoisotopic (exact) mass is 380 g/mol. The van der Waals surface area contributed by atoms with Crippen LogP contribution in [0.4, 0.5) is 10.5 Å². The maximum Gasteiger partial charge on any atom is 0.410 e. The summed E-state index contributed by atoms with van der Waals surface area (Å²) < 4.78 is 11.2. The number of nitro groups is 1. The van der Waals surface area contributed by atoms with Gasteiger partial charge in [0.1, 0.15) is 23.0 Å². The highest BCUT2D eigenvalue weighted by Gasteiger charge is 2.29. The fraction of sp³-hybridized carbons (Fsp3) is 0.556. The smallest absolute Gasteiger partial charge is 0.410 e. The molecule has 0 aromatic heterocycles. The molecule has 0 aliphatic carbocycles. The van der Waals surface area contributed by atoms with E-state index in [9.17, 15) is 24.8 Å². The molecule has 0 spiro atoms. The van der Waals surface area contributed by atoms with E-state index < -0.39 is 22.6 Å². The predicted octanol–water partition coefficient (Wildman–Crippen LogP) is 3.38. The van der Waals surface area contributed by atoms with Crippen molar-refractivity contribution in [3.63, 3.8) is 0 Å². The number of carboxylic acid groups (broad SMARTS) is 1. The van der Waals surface area contributed by atoms with Crippen LogP contribution in [-0.4, -0.2) is 51.8 Å². The highest BCUT2D eigenvalue weighted by Crippen LogP contribution is 2.31. The lowest BCUT2D eigenvalue weighted by molar-refractivity contribution is -0.385. The number of nitrogens with zero attached hydrogens (tertiary/aromatic N) is 2. The van der Waals surface area contributed by atoms with E-state index in [4.69, 9.17) is 9.47 Å². The van der Waals surface area contributed by atoms with Crippen molar-refractivity contribution >= 4 is 17.7 Å². The number of benzene rings is 1. The van der Waals surface area contributed by atoms with Crippen LogP contribution < -0.4 is 4.74 Å². The van der Waals surface area contributed by atoms with Crippen molar-refractivity contribution in [3.8, 4) is 5.75 Å². The first kappa shape index (κ1) is 20.5. The highest BCUT2D eigenvalue weighted by molar-refractivity contribution is 5.92. The van der Waals surface area contributed by atoms with Gasteiger partial charge in [-0.1, -0.05) is 0 Å². The summed E-state index contributed by atoms with van der Waals surface area (Å²) in [6, 6.07) is 2.29. The Morgan fingerprint density at radius 3 is 2.33 bits per heavy atom. The average Bonchev–Trinajstić information content (AvgIpc) is 2.55. The summed E-state index contributed by atoms with van der Waals surface area (Å²) in [5.41, 5.74) is -0.721. The van der Waals surface area contributed by atoms with Gasteiger partial charge in [-0.25, -0.2) is 9.59 Å². The lowest BCUT2D eigenvalue weighted by Gasteiger charge is -2.33. The van der Waals surface area contributed by atoms with Crippen molar-refractivity contribution < 1.29 is 29.1 Å². The van der Waals surface area contributed by atoms with E-state index in [0.29, 0.717) is 31.5 Å². The van der Waals surface area contributed by atoms with Crippen LogP contribution in [0.15, 0.2) is 12.1 Å². The number of rotatable bonds is 4. The second-order valence-corrected chi connectivity index (χ2v) is 7.49. The zero-order chi connectivity index (χ0) is 20.4. The summed E-state index contributed by atoms with van der Waals surface area (Å²) in [5.74, 6) is -1.16. The van der Waals surface area contributed by atoms with E-state index >= 15 is 0 Å². The average molecular weight is 380 g/mol. The second kappa shape index (κ2) is 7.81. The zero-order valence-electron chi connectivity index (χ0n) is 15.9. The molecule has 0 unspecified atom stereocenters. The fourth-order valence-corrected chi connectivity index (χ4v) is 2.82. The largest absolute Gasteiger partial charge is 0.489 e. The Morgan fingerprint density at radius 1 is 1.26 bits per heavy atom. The van der Waals surface area contributed by atoms with Crippen LogP contribution in [0.2, 0.25) is 0 Å². The Balaban J connectivity index is 2.08. The first-order valence-electron chi connectivity index (χ1n) is 8.65. The summed E-state index contributed by atoms with van der Waals surface area (Å²) in [6.45, 7) is 7.81. The van der Waals surface area contributed by atoms with E-state index in [1.54, 1.807) is 32.6 Å². The van der Waals surface area contributed by atoms with Gasteiger partial charge in [0.25, 0.3) is 5.69 Å². The molecule has 9 nitrogen and oxygen atoms in total. The third-order valence-corrected chi connectivity index (χ3v) is 4.08. The molecule has 2 rings (SSSR count).